The molecule has 1 aliphatic rings. The maximum atomic E-state index is 11.8. The van der Waals surface area contributed by atoms with Crippen molar-refractivity contribution in [2.75, 3.05) is 0 Å². The van der Waals surface area contributed by atoms with Gasteiger partial charge in [-0.15, -0.1) is 0 Å². The number of hydrogen-bond acceptors (Lipinski definition) is 4. The van der Waals surface area contributed by atoms with Gasteiger partial charge >= 0.3 is 11.8 Å². The first-order valence-electron chi connectivity index (χ1n) is 8.14. The number of rotatable bonds is 4. The molecule has 0 radical (unpaired) electrons. The standard InChI is InChI=1S/C17H25N3O3/c1-11(2)14-7-6-12(3)9-15(14)19-20-17(22)16(21)18-10-13-5-4-8-23-13/h4-5,8,11-12,14H,6-7,9-10H2,1-3H3,(H,18,21)(H,20,22)/t12-,14+/m1/s1. The number of amides is 2. The molecule has 2 amide bonds. The lowest BCUT2D eigenvalue weighted by molar-refractivity contribution is -0.139. The van der Waals surface area contributed by atoms with Gasteiger partial charge in [-0.05, 0) is 43.2 Å². The van der Waals surface area contributed by atoms with Crippen LogP contribution in [0.4, 0.5) is 0 Å². The third-order valence-corrected chi connectivity index (χ3v) is 4.27. The lowest BCUT2D eigenvalue weighted by atomic mass is 9.76. The van der Waals surface area contributed by atoms with Gasteiger partial charge in [0.1, 0.15) is 5.76 Å². The Morgan fingerprint density at radius 1 is 1.35 bits per heavy atom. The molecule has 1 aliphatic carbocycles. The second kappa shape index (κ2) is 7.94. The minimum atomic E-state index is -0.746. The highest BCUT2D eigenvalue weighted by Gasteiger charge is 2.27. The Kier molecular flexibility index (Phi) is 5.96. The number of furan rings is 1. The molecule has 0 aromatic carbocycles. The van der Waals surface area contributed by atoms with E-state index in [9.17, 15) is 9.59 Å². The summed E-state index contributed by atoms with van der Waals surface area (Å²) in [5.41, 5.74) is 3.39. The molecule has 1 heterocycles. The highest BCUT2D eigenvalue weighted by Crippen LogP contribution is 2.31. The summed E-state index contributed by atoms with van der Waals surface area (Å²) in [5, 5.41) is 6.74. The topological polar surface area (TPSA) is 83.7 Å². The molecule has 0 spiro atoms. The van der Waals surface area contributed by atoms with Crippen LogP contribution in [0.2, 0.25) is 0 Å². The first-order valence-corrected chi connectivity index (χ1v) is 8.14. The Bertz CT molecular complexity index is 564. The summed E-state index contributed by atoms with van der Waals surface area (Å²) in [6.45, 7) is 6.69. The Balaban J connectivity index is 1.88. The molecular formula is C17H25N3O3. The van der Waals surface area contributed by atoms with Gasteiger partial charge < -0.3 is 9.73 Å². The summed E-state index contributed by atoms with van der Waals surface area (Å²) >= 11 is 0. The Morgan fingerprint density at radius 3 is 2.78 bits per heavy atom. The zero-order valence-electron chi connectivity index (χ0n) is 14.0. The minimum absolute atomic E-state index is 0.182. The van der Waals surface area contributed by atoms with Gasteiger partial charge in [-0.2, -0.15) is 5.10 Å². The van der Waals surface area contributed by atoms with Crippen molar-refractivity contribution in [2.45, 2.75) is 46.6 Å². The first kappa shape index (κ1) is 17.2. The van der Waals surface area contributed by atoms with Gasteiger partial charge in [-0.1, -0.05) is 20.8 Å². The molecule has 2 rings (SSSR count). The molecule has 1 fully saturated rings. The van der Waals surface area contributed by atoms with Crippen LogP contribution in [0, 0.1) is 17.8 Å². The van der Waals surface area contributed by atoms with Gasteiger partial charge in [0.2, 0.25) is 0 Å². The number of carbonyl (C=O) groups excluding carboxylic acids is 2. The van der Waals surface area contributed by atoms with Crippen LogP contribution >= 0.6 is 0 Å². The van der Waals surface area contributed by atoms with Crippen LogP contribution in [0.15, 0.2) is 27.9 Å². The maximum Gasteiger partial charge on any atom is 0.329 e. The number of hydrogen-bond donors (Lipinski definition) is 2. The summed E-state index contributed by atoms with van der Waals surface area (Å²) in [4.78, 5) is 23.6. The average Bonchev–Trinajstić information content (AvgIpc) is 3.03. The van der Waals surface area contributed by atoms with E-state index in [0.717, 1.165) is 18.6 Å². The van der Waals surface area contributed by atoms with Gasteiger partial charge in [0.15, 0.2) is 0 Å². The van der Waals surface area contributed by atoms with E-state index in [1.54, 1.807) is 12.1 Å². The van der Waals surface area contributed by atoms with Crippen molar-refractivity contribution >= 4 is 17.5 Å². The molecule has 0 bridgehead atoms. The van der Waals surface area contributed by atoms with Crippen molar-refractivity contribution in [3.05, 3.63) is 24.2 Å². The summed E-state index contributed by atoms with van der Waals surface area (Å²) in [5.74, 6) is 0.552. The van der Waals surface area contributed by atoms with E-state index >= 15 is 0 Å². The summed E-state index contributed by atoms with van der Waals surface area (Å²) in [6.07, 6.45) is 4.65. The molecule has 0 unspecified atom stereocenters. The number of carbonyl (C=O) groups is 2. The third kappa shape index (κ3) is 4.94. The fraction of sp³-hybridized carbons (Fsp3) is 0.588. The Labute approximate surface area is 136 Å². The second-order valence-corrected chi connectivity index (χ2v) is 6.54. The van der Waals surface area contributed by atoms with Gasteiger partial charge in [-0.25, -0.2) is 5.43 Å². The lowest BCUT2D eigenvalue weighted by Crippen LogP contribution is -2.39. The molecule has 2 atom stereocenters. The van der Waals surface area contributed by atoms with E-state index in [1.165, 1.54) is 12.7 Å². The SMILES string of the molecule is CC(C)[C@@H]1CC[C@@H](C)CC1=NNC(=O)C(=O)NCc1ccco1. The number of nitrogens with one attached hydrogen (secondary N) is 2. The molecule has 2 N–H and O–H groups in total. The Hall–Kier alpha value is -2.11. The molecule has 6 nitrogen and oxygen atoms in total. The van der Waals surface area contributed by atoms with Crippen LogP contribution in [0.25, 0.3) is 0 Å². The third-order valence-electron chi connectivity index (χ3n) is 4.27. The molecule has 6 heteroatoms. The summed E-state index contributed by atoms with van der Waals surface area (Å²) < 4.78 is 5.10. The van der Waals surface area contributed by atoms with E-state index in [1.807, 2.05) is 0 Å². The lowest BCUT2D eigenvalue weighted by Gasteiger charge is -2.30. The quantitative estimate of drug-likeness (QED) is 0.660. The molecule has 0 aliphatic heterocycles. The molecule has 1 saturated carbocycles. The largest absolute Gasteiger partial charge is 0.467 e. The Morgan fingerprint density at radius 2 is 2.13 bits per heavy atom. The van der Waals surface area contributed by atoms with Crippen molar-refractivity contribution in [3.63, 3.8) is 0 Å². The van der Waals surface area contributed by atoms with Gasteiger partial charge in [-0.3, -0.25) is 9.59 Å². The smallest absolute Gasteiger partial charge is 0.329 e. The fourth-order valence-corrected chi connectivity index (χ4v) is 2.92. The van der Waals surface area contributed by atoms with Crippen LogP contribution in [0.1, 0.15) is 45.8 Å². The van der Waals surface area contributed by atoms with E-state index < -0.39 is 11.8 Å². The normalized spacial score (nSPS) is 23.0. The van der Waals surface area contributed by atoms with Crippen LogP contribution < -0.4 is 10.7 Å². The average molecular weight is 319 g/mol. The highest BCUT2D eigenvalue weighted by molar-refractivity contribution is 6.35. The van der Waals surface area contributed by atoms with E-state index in [4.69, 9.17) is 4.42 Å². The highest BCUT2D eigenvalue weighted by atomic mass is 16.3. The fourth-order valence-electron chi connectivity index (χ4n) is 2.92. The predicted molar refractivity (Wildman–Crippen MR) is 87.5 cm³/mol. The molecular weight excluding hydrogens is 294 g/mol. The molecule has 0 saturated heterocycles. The van der Waals surface area contributed by atoms with Gasteiger partial charge in [0, 0.05) is 11.6 Å². The first-order chi connectivity index (χ1) is 11.0. The van der Waals surface area contributed by atoms with Crippen molar-refractivity contribution < 1.29 is 14.0 Å². The van der Waals surface area contributed by atoms with Crippen LogP contribution in [0.5, 0.6) is 0 Å². The van der Waals surface area contributed by atoms with Gasteiger partial charge in [0.25, 0.3) is 0 Å². The molecule has 1 aromatic heterocycles. The van der Waals surface area contributed by atoms with Gasteiger partial charge in [0.05, 0.1) is 12.8 Å². The van der Waals surface area contributed by atoms with Crippen molar-refractivity contribution in [1.82, 2.24) is 10.7 Å². The summed E-state index contributed by atoms with van der Waals surface area (Å²) in [6, 6.07) is 3.46. The number of nitrogens with zero attached hydrogens (tertiary/aromatic N) is 1. The molecule has 126 valence electrons. The van der Waals surface area contributed by atoms with E-state index in [-0.39, 0.29) is 6.54 Å². The van der Waals surface area contributed by atoms with Crippen molar-refractivity contribution in [2.24, 2.45) is 22.9 Å². The van der Waals surface area contributed by atoms with Crippen LogP contribution in [-0.4, -0.2) is 17.5 Å². The van der Waals surface area contributed by atoms with Crippen molar-refractivity contribution in [3.8, 4) is 0 Å². The van der Waals surface area contributed by atoms with E-state index in [0.29, 0.717) is 23.5 Å². The predicted octanol–water partition coefficient (Wildman–Crippen LogP) is 2.46. The maximum absolute atomic E-state index is 11.8. The molecule has 23 heavy (non-hydrogen) atoms. The minimum Gasteiger partial charge on any atom is -0.467 e. The molecule has 1 aromatic rings. The van der Waals surface area contributed by atoms with Crippen LogP contribution in [0.3, 0.4) is 0 Å². The monoisotopic (exact) mass is 319 g/mol. The van der Waals surface area contributed by atoms with E-state index in [2.05, 4.69) is 36.6 Å². The zero-order valence-corrected chi connectivity index (χ0v) is 14.0. The number of hydrazone groups is 1. The zero-order chi connectivity index (χ0) is 16.8. The van der Waals surface area contributed by atoms with Crippen LogP contribution in [-0.2, 0) is 16.1 Å². The van der Waals surface area contributed by atoms with Crippen molar-refractivity contribution in [1.29, 1.82) is 0 Å². The summed E-state index contributed by atoms with van der Waals surface area (Å²) in [7, 11) is 0. The second-order valence-electron chi connectivity index (χ2n) is 6.54.